The lowest BCUT2D eigenvalue weighted by atomic mass is 9.87. The van der Waals surface area contributed by atoms with Gasteiger partial charge in [0.2, 0.25) is 0 Å². The highest BCUT2D eigenvalue weighted by molar-refractivity contribution is 4.75. The average molecular weight is 252 g/mol. The number of nitrogens with zero attached hydrogens (tertiary/aromatic N) is 1. The molecule has 1 saturated heterocycles. The predicted molar refractivity (Wildman–Crippen MR) is 78.9 cm³/mol. The van der Waals surface area contributed by atoms with Gasteiger partial charge in [0.1, 0.15) is 0 Å². The van der Waals surface area contributed by atoms with Crippen molar-refractivity contribution in [3.63, 3.8) is 0 Å². The molecule has 2 heteroatoms. The molecule has 0 unspecified atom stereocenters. The van der Waals surface area contributed by atoms with Crippen molar-refractivity contribution in [2.75, 3.05) is 26.2 Å². The third-order valence-corrected chi connectivity index (χ3v) is 4.83. The second-order valence-corrected chi connectivity index (χ2v) is 6.52. The van der Waals surface area contributed by atoms with Crippen molar-refractivity contribution in [1.82, 2.24) is 10.2 Å². The zero-order valence-electron chi connectivity index (χ0n) is 12.3. The van der Waals surface area contributed by atoms with E-state index in [1.165, 1.54) is 84.0 Å². The molecular formula is C16H32N2. The highest BCUT2D eigenvalue weighted by atomic mass is 15.1. The summed E-state index contributed by atoms with van der Waals surface area (Å²) in [6.07, 6.45) is 12.9. The first-order valence-electron chi connectivity index (χ1n) is 8.30. The van der Waals surface area contributed by atoms with Gasteiger partial charge in [-0.15, -0.1) is 0 Å². The van der Waals surface area contributed by atoms with E-state index < -0.39 is 0 Å². The summed E-state index contributed by atoms with van der Waals surface area (Å²) in [4.78, 5) is 2.68. The summed E-state index contributed by atoms with van der Waals surface area (Å²) >= 11 is 0. The van der Waals surface area contributed by atoms with E-state index in [1.54, 1.807) is 0 Å². The van der Waals surface area contributed by atoms with Crippen molar-refractivity contribution in [3.8, 4) is 0 Å². The van der Waals surface area contributed by atoms with Crippen LogP contribution in [0.25, 0.3) is 0 Å². The second-order valence-electron chi connectivity index (χ2n) is 6.52. The molecule has 0 radical (unpaired) electrons. The van der Waals surface area contributed by atoms with Crippen LogP contribution in [0.2, 0.25) is 0 Å². The molecule has 18 heavy (non-hydrogen) atoms. The molecule has 2 nitrogen and oxygen atoms in total. The molecular weight excluding hydrogens is 220 g/mol. The summed E-state index contributed by atoms with van der Waals surface area (Å²) in [6.45, 7) is 7.55. The van der Waals surface area contributed by atoms with Crippen LogP contribution in [0.1, 0.15) is 64.7 Å². The zero-order chi connectivity index (χ0) is 12.6. The minimum atomic E-state index is 0.816. The number of nitrogens with one attached hydrogen (secondary N) is 1. The minimum Gasteiger partial charge on any atom is -0.313 e. The molecule has 2 aliphatic rings. The van der Waals surface area contributed by atoms with Crippen molar-refractivity contribution in [2.24, 2.45) is 5.92 Å². The molecule has 1 aliphatic carbocycles. The van der Waals surface area contributed by atoms with Crippen LogP contribution in [0, 0.1) is 5.92 Å². The number of hydrogen-bond donors (Lipinski definition) is 1. The number of likely N-dealkylation sites (tertiary alicyclic amines) is 1. The standard InChI is InChI=1S/C16H32N2/c1-15-7-9-16(10-8-15)17-11-14-18-12-5-3-2-4-6-13-18/h15-17H,2-14H2,1H3. The first kappa shape index (κ1) is 14.3. The average Bonchev–Trinajstić information content (AvgIpc) is 2.34. The first-order chi connectivity index (χ1) is 8.84. The lowest BCUT2D eigenvalue weighted by Gasteiger charge is -2.29. The van der Waals surface area contributed by atoms with E-state index in [2.05, 4.69) is 17.1 Å². The van der Waals surface area contributed by atoms with Gasteiger partial charge in [-0.3, -0.25) is 0 Å². The third-order valence-electron chi connectivity index (χ3n) is 4.83. The van der Waals surface area contributed by atoms with E-state index in [4.69, 9.17) is 0 Å². The van der Waals surface area contributed by atoms with Crippen molar-refractivity contribution in [1.29, 1.82) is 0 Å². The fraction of sp³-hybridized carbons (Fsp3) is 1.00. The molecule has 0 atom stereocenters. The molecule has 1 aliphatic heterocycles. The van der Waals surface area contributed by atoms with Crippen LogP contribution < -0.4 is 5.32 Å². The van der Waals surface area contributed by atoms with Crippen LogP contribution in [-0.4, -0.2) is 37.1 Å². The molecule has 0 bridgehead atoms. The second kappa shape index (κ2) is 8.16. The summed E-state index contributed by atoms with van der Waals surface area (Å²) in [5, 5.41) is 3.78. The Morgan fingerprint density at radius 2 is 1.50 bits per heavy atom. The van der Waals surface area contributed by atoms with Crippen LogP contribution in [0.5, 0.6) is 0 Å². The molecule has 106 valence electrons. The molecule has 1 heterocycles. The number of rotatable bonds is 4. The van der Waals surface area contributed by atoms with Crippen LogP contribution >= 0.6 is 0 Å². The highest BCUT2D eigenvalue weighted by Gasteiger charge is 2.17. The zero-order valence-corrected chi connectivity index (χ0v) is 12.3. The van der Waals surface area contributed by atoms with Gasteiger partial charge in [-0.1, -0.05) is 26.2 Å². The topological polar surface area (TPSA) is 15.3 Å². The van der Waals surface area contributed by atoms with Crippen molar-refractivity contribution >= 4 is 0 Å². The maximum absolute atomic E-state index is 3.78. The molecule has 2 fully saturated rings. The fourth-order valence-corrected chi connectivity index (χ4v) is 3.43. The van der Waals surface area contributed by atoms with E-state index >= 15 is 0 Å². The van der Waals surface area contributed by atoms with Gasteiger partial charge in [-0.05, 0) is 57.5 Å². The molecule has 1 saturated carbocycles. The maximum Gasteiger partial charge on any atom is 0.0107 e. The molecule has 0 spiro atoms. The predicted octanol–water partition coefficient (Wildman–Crippen LogP) is 3.42. The van der Waals surface area contributed by atoms with Crippen molar-refractivity contribution in [3.05, 3.63) is 0 Å². The Balaban J connectivity index is 1.56. The smallest absolute Gasteiger partial charge is 0.0107 e. The molecule has 0 aromatic carbocycles. The summed E-state index contributed by atoms with van der Waals surface area (Å²) in [5.41, 5.74) is 0. The molecule has 1 N–H and O–H groups in total. The third kappa shape index (κ3) is 5.27. The molecule has 0 aromatic rings. The van der Waals surface area contributed by atoms with E-state index in [-0.39, 0.29) is 0 Å². The van der Waals surface area contributed by atoms with Gasteiger partial charge in [0.05, 0.1) is 0 Å². The van der Waals surface area contributed by atoms with Gasteiger partial charge in [-0.2, -0.15) is 0 Å². The monoisotopic (exact) mass is 252 g/mol. The van der Waals surface area contributed by atoms with Gasteiger partial charge in [-0.25, -0.2) is 0 Å². The molecule has 0 amide bonds. The van der Waals surface area contributed by atoms with Crippen LogP contribution in [0.3, 0.4) is 0 Å². The van der Waals surface area contributed by atoms with Gasteiger partial charge < -0.3 is 10.2 Å². The number of hydrogen-bond acceptors (Lipinski definition) is 2. The van der Waals surface area contributed by atoms with Crippen molar-refractivity contribution < 1.29 is 0 Å². The van der Waals surface area contributed by atoms with Gasteiger partial charge in [0.25, 0.3) is 0 Å². The Bertz CT molecular complexity index is 201. The van der Waals surface area contributed by atoms with E-state index in [9.17, 15) is 0 Å². The quantitative estimate of drug-likeness (QED) is 0.825. The largest absolute Gasteiger partial charge is 0.313 e. The Morgan fingerprint density at radius 1 is 0.889 bits per heavy atom. The van der Waals surface area contributed by atoms with E-state index in [0.29, 0.717) is 0 Å². The molecule has 2 rings (SSSR count). The Hall–Kier alpha value is -0.0800. The Morgan fingerprint density at radius 3 is 2.17 bits per heavy atom. The molecule has 0 aromatic heterocycles. The maximum atomic E-state index is 3.78. The van der Waals surface area contributed by atoms with Gasteiger partial charge >= 0.3 is 0 Å². The Kier molecular flexibility index (Phi) is 6.50. The first-order valence-corrected chi connectivity index (χ1v) is 8.30. The minimum absolute atomic E-state index is 0.816. The van der Waals surface area contributed by atoms with Gasteiger partial charge in [0.15, 0.2) is 0 Å². The summed E-state index contributed by atoms with van der Waals surface area (Å²) < 4.78 is 0. The van der Waals surface area contributed by atoms with Crippen LogP contribution in [0.15, 0.2) is 0 Å². The van der Waals surface area contributed by atoms with E-state index in [1.807, 2.05) is 0 Å². The highest BCUT2D eigenvalue weighted by Crippen LogP contribution is 2.23. The fourth-order valence-electron chi connectivity index (χ4n) is 3.43. The lowest BCUT2D eigenvalue weighted by Crippen LogP contribution is -2.39. The van der Waals surface area contributed by atoms with Crippen molar-refractivity contribution in [2.45, 2.75) is 70.8 Å². The van der Waals surface area contributed by atoms with Crippen LogP contribution in [0.4, 0.5) is 0 Å². The Labute approximate surface area is 114 Å². The van der Waals surface area contributed by atoms with E-state index in [0.717, 1.165) is 12.0 Å². The van der Waals surface area contributed by atoms with Gasteiger partial charge in [0, 0.05) is 19.1 Å². The SMILES string of the molecule is CC1CCC(NCCN2CCCCCCC2)CC1. The normalized spacial score (nSPS) is 31.8. The lowest BCUT2D eigenvalue weighted by molar-refractivity contribution is 0.235. The van der Waals surface area contributed by atoms with Crippen LogP contribution in [-0.2, 0) is 0 Å². The summed E-state index contributed by atoms with van der Waals surface area (Å²) in [5.74, 6) is 0.970. The summed E-state index contributed by atoms with van der Waals surface area (Å²) in [6, 6.07) is 0.816. The summed E-state index contributed by atoms with van der Waals surface area (Å²) in [7, 11) is 0.